The van der Waals surface area contributed by atoms with Crippen molar-refractivity contribution in [3.05, 3.63) is 60.9 Å². The van der Waals surface area contributed by atoms with Crippen LogP contribution >= 0.6 is 0 Å². The van der Waals surface area contributed by atoms with Gasteiger partial charge < -0.3 is 38.2 Å². The summed E-state index contributed by atoms with van der Waals surface area (Å²) in [6.45, 7) is 9.44. The second kappa shape index (κ2) is 21.3. The molecule has 2 aromatic heterocycles. The maximum Gasteiger partial charge on any atom is 0.261 e. The molecule has 0 aliphatic heterocycles. The largest absolute Gasteiger partial charge is 0.493 e. The Hall–Kier alpha value is -5.04. The lowest BCUT2D eigenvalue weighted by molar-refractivity contribution is 0.218. The van der Waals surface area contributed by atoms with E-state index in [1.54, 1.807) is 28.4 Å². The van der Waals surface area contributed by atoms with Gasteiger partial charge >= 0.3 is 0 Å². The van der Waals surface area contributed by atoms with Crippen LogP contribution in [-0.4, -0.2) is 116 Å². The molecule has 2 N–H and O–H groups in total. The third kappa shape index (κ3) is 16.0. The second-order valence-electron chi connectivity index (χ2n) is 12.9. The number of aromatic nitrogens is 2. The van der Waals surface area contributed by atoms with E-state index in [0.29, 0.717) is 47.0 Å². The molecule has 56 heavy (non-hydrogen) atoms. The van der Waals surface area contributed by atoms with Gasteiger partial charge in [-0.25, -0.2) is 0 Å². The molecular weight excluding hydrogens is 769 g/mol. The summed E-state index contributed by atoms with van der Waals surface area (Å²) in [6.07, 6.45) is 5.16. The molecule has 0 saturated heterocycles. The Morgan fingerprint density at radius 3 is 1.04 bits per heavy atom. The lowest BCUT2D eigenvalue weighted by Crippen LogP contribution is -2.30. The monoisotopic (exact) mass is 822 g/mol. The van der Waals surface area contributed by atoms with Crippen molar-refractivity contribution in [2.75, 3.05) is 77.9 Å². The van der Waals surface area contributed by atoms with E-state index in [9.17, 15) is 16.8 Å². The number of rotatable bonds is 15. The van der Waals surface area contributed by atoms with E-state index in [0.717, 1.165) is 47.0 Å². The van der Waals surface area contributed by atoms with E-state index >= 15 is 0 Å². The van der Waals surface area contributed by atoms with Crippen molar-refractivity contribution in [1.29, 1.82) is 0 Å². The fourth-order valence-electron chi connectivity index (χ4n) is 4.88. The van der Waals surface area contributed by atoms with Gasteiger partial charge in [0.1, 0.15) is 0 Å². The van der Waals surface area contributed by atoms with Crippen molar-refractivity contribution in [1.82, 2.24) is 9.97 Å². The maximum atomic E-state index is 9.19. The molecule has 310 valence electrons. The van der Waals surface area contributed by atoms with Crippen LogP contribution < -0.4 is 38.2 Å². The van der Waals surface area contributed by atoms with E-state index in [1.807, 2.05) is 76.5 Å². The lowest BCUT2D eigenvalue weighted by Gasteiger charge is -2.25. The maximum absolute atomic E-state index is 9.19. The molecule has 0 bridgehead atoms. The molecule has 4 aromatic rings. The molecule has 0 atom stereocenters. The molecule has 0 radical (unpaired) electrons. The lowest BCUT2D eigenvalue weighted by atomic mass is 10.1. The Morgan fingerprint density at radius 1 is 0.571 bits per heavy atom. The molecule has 0 aliphatic carbocycles. The number of likely N-dealkylation sites (N-methyl/N-ethyl adjacent to an activating group) is 2. The SMILES string of the molecule is COc1cc(-c2ccc(N(C)CCN(C)c3ccc(-c4cc(OC)c(OC(C)C)c(OC)c4)nc3)cn2)cc(OC)c1OC(C)C.CS(=O)(=O)O.CS(=O)(=O)O. The Bertz CT molecular complexity index is 1850. The van der Waals surface area contributed by atoms with Crippen LogP contribution in [0.1, 0.15) is 27.7 Å². The van der Waals surface area contributed by atoms with Crippen LogP contribution in [0.2, 0.25) is 0 Å². The molecular formula is C38H54N4O12S2. The van der Waals surface area contributed by atoms with Gasteiger partial charge in [0, 0.05) is 38.3 Å². The van der Waals surface area contributed by atoms with Gasteiger partial charge in [0.2, 0.25) is 11.5 Å². The summed E-state index contributed by atoms with van der Waals surface area (Å²) in [5, 5.41) is 0. The summed E-state index contributed by atoms with van der Waals surface area (Å²) >= 11 is 0. The molecule has 2 heterocycles. The van der Waals surface area contributed by atoms with Crippen LogP contribution in [0.5, 0.6) is 34.5 Å². The van der Waals surface area contributed by atoms with Crippen LogP contribution in [0, 0.1) is 0 Å². The predicted octanol–water partition coefficient (Wildman–Crippen LogP) is 6.00. The minimum Gasteiger partial charge on any atom is -0.493 e. The molecule has 0 spiro atoms. The first-order chi connectivity index (χ1) is 26.1. The molecule has 4 rings (SSSR count). The Balaban J connectivity index is 0.000000961. The summed E-state index contributed by atoms with van der Waals surface area (Å²) in [4.78, 5) is 13.8. The third-order valence-electron chi connectivity index (χ3n) is 7.37. The highest BCUT2D eigenvalue weighted by atomic mass is 32.2. The van der Waals surface area contributed by atoms with Crippen molar-refractivity contribution in [3.8, 4) is 57.0 Å². The average Bonchev–Trinajstić information content (AvgIpc) is 3.12. The number of hydrogen-bond donors (Lipinski definition) is 2. The zero-order valence-corrected chi connectivity index (χ0v) is 35.6. The number of benzene rings is 2. The van der Waals surface area contributed by atoms with Gasteiger partial charge in [0.05, 0.1) is 88.3 Å². The first kappa shape index (κ1) is 47.1. The van der Waals surface area contributed by atoms with E-state index in [1.165, 1.54) is 0 Å². The molecule has 0 aliphatic rings. The van der Waals surface area contributed by atoms with E-state index in [2.05, 4.69) is 36.0 Å². The Labute approximate surface area is 330 Å². The van der Waals surface area contributed by atoms with Gasteiger partial charge in [0.15, 0.2) is 23.0 Å². The number of methoxy groups -OCH3 is 4. The average molecular weight is 823 g/mol. The smallest absolute Gasteiger partial charge is 0.261 e. The number of nitrogens with zero attached hydrogens (tertiary/aromatic N) is 4. The van der Waals surface area contributed by atoms with Crippen LogP contribution in [0.3, 0.4) is 0 Å². The zero-order chi connectivity index (χ0) is 42.4. The summed E-state index contributed by atoms with van der Waals surface area (Å²) in [6, 6.07) is 15.8. The van der Waals surface area contributed by atoms with Crippen molar-refractivity contribution in [2.45, 2.75) is 39.9 Å². The Morgan fingerprint density at radius 2 is 0.839 bits per heavy atom. The van der Waals surface area contributed by atoms with Gasteiger partial charge in [-0.1, -0.05) is 0 Å². The summed E-state index contributed by atoms with van der Waals surface area (Å²) in [7, 11) is 3.27. The number of pyridine rings is 2. The highest BCUT2D eigenvalue weighted by Gasteiger charge is 2.19. The summed E-state index contributed by atoms with van der Waals surface area (Å²) < 4.78 is 86.0. The minimum absolute atomic E-state index is 0.0150. The van der Waals surface area contributed by atoms with Crippen LogP contribution in [0.15, 0.2) is 60.9 Å². The van der Waals surface area contributed by atoms with E-state index in [-0.39, 0.29) is 12.2 Å². The molecule has 0 saturated carbocycles. The quantitative estimate of drug-likeness (QED) is 0.132. The highest BCUT2D eigenvalue weighted by Crippen LogP contribution is 2.43. The van der Waals surface area contributed by atoms with Crippen molar-refractivity contribution in [2.24, 2.45) is 0 Å². The third-order valence-corrected chi connectivity index (χ3v) is 7.37. The predicted molar refractivity (Wildman–Crippen MR) is 219 cm³/mol. The van der Waals surface area contributed by atoms with E-state index < -0.39 is 20.2 Å². The van der Waals surface area contributed by atoms with Gasteiger partial charge in [-0.3, -0.25) is 19.1 Å². The molecule has 0 unspecified atom stereocenters. The van der Waals surface area contributed by atoms with Crippen LogP contribution in [0.25, 0.3) is 22.5 Å². The van der Waals surface area contributed by atoms with Gasteiger partial charge in [-0.15, -0.1) is 0 Å². The first-order valence-corrected chi connectivity index (χ1v) is 20.8. The Kier molecular flexibility index (Phi) is 17.9. The zero-order valence-electron chi connectivity index (χ0n) is 33.9. The number of anilines is 2. The van der Waals surface area contributed by atoms with Gasteiger partial charge in [-0.05, 0) is 76.2 Å². The molecule has 0 amide bonds. The summed E-state index contributed by atoms with van der Waals surface area (Å²) in [5.74, 6) is 3.58. The standard InChI is InChI=1S/C36H46N4O6.2CH4O3S/c1-23(2)45-35-31(41-7)17-25(18-32(35)42-8)29-13-11-27(21-37-29)39(5)15-16-40(6)28-12-14-30(38-22-28)26-19-33(43-9)36(46-24(3)4)34(20-26)44-10;2*1-5(2,3)4/h11-14,17-24H,15-16H2,1-10H3;2*1H3,(H,2,3,4). The van der Waals surface area contributed by atoms with Crippen molar-refractivity contribution >= 4 is 31.6 Å². The summed E-state index contributed by atoms with van der Waals surface area (Å²) in [5.41, 5.74) is 5.41. The van der Waals surface area contributed by atoms with Crippen LogP contribution in [-0.2, 0) is 20.2 Å². The fourth-order valence-corrected chi connectivity index (χ4v) is 4.88. The molecule has 0 fully saturated rings. The van der Waals surface area contributed by atoms with Crippen molar-refractivity contribution < 1.29 is 54.4 Å². The normalized spacial score (nSPS) is 11.1. The van der Waals surface area contributed by atoms with E-state index in [4.69, 9.17) is 47.5 Å². The van der Waals surface area contributed by atoms with Crippen molar-refractivity contribution in [3.63, 3.8) is 0 Å². The first-order valence-electron chi connectivity index (χ1n) is 17.1. The van der Waals surface area contributed by atoms with Crippen LogP contribution in [0.4, 0.5) is 11.4 Å². The second-order valence-corrected chi connectivity index (χ2v) is 15.8. The topological polar surface area (TPSA) is 196 Å². The fraction of sp³-hybridized carbons (Fsp3) is 0.421. The molecule has 18 heteroatoms. The highest BCUT2D eigenvalue weighted by molar-refractivity contribution is 7.85. The number of hydrogen-bond acceptors (Lipinski definition) is 14. The minimum atomic E-state index is -3.67. The van der Waals surface area contributed by atoms with Gasteiger partial charge in [0.25, 0.3) is 20.2 Å². The van der Waals surface area contributed by atoms with Gasteiger partial charge in [-0.2, -0.15) is 16.8 Å². The molecule has 16 nitrogen and oxygen atoms in total. The molecule has 2 aromatic carbocycles. The number of ether oxygens (including phenoxy) is 6.